The van der Waals surface area contributed by atoms with Crippen LogP contribution in [0.15, 0.2) is 21.6 Å². The average molecular weight is 143 g/mol. The number of aliphatic hydroxyl groups is 1. The summed E-state index contributed by atoms with van der Waals surface area (Å²) in [6.45, 7) is 0.523. The molecule has 0 saturated heterocycles. The van der Waals surface area contributed by atoms with E-state index in [9.17, 15) is 4.79 Å². The molecular formula is C6H9NO3. The highest BCUT2D eigenvalue weighted by Gasteiger charge is 1.94. The van der Waals surface area contributed by atoms with Crippen molar-refractivity contribution in [2.24, 2.45) is 0 Å². The molecule has 10 heavy (non-hydrogen) atoms. The van der Waals surface area contributed by atoms with Crippen molar-refractivity contribution >= 4 is 0 Å². The van der Waals surface area contributed by atoms with Gasteiger partial charge >= 0.3 is 0 Å². The molecule has 0 aliphatic carbocycles. The Labute approximate surface area is 57.7 Å². The van der Waals surface area contributed by atoms with Crippen molar-refractivity contribution in [3.05, 3.63) is 22.7 Å². The van der Waals surface area contributed by atoms with Gasteiger partial charge in [-0.1, -0.05) is 0 Å². The van der Waals surface area contributed by atoms with E-state index in [1.807, 2.05) is 0 Å². The molecule has 0 bridgehead atoms. The van der Waals surface area contributed by atoms with Gasteiger partial charge in [0.15, 0.2) is 0 Å². The molecule has 1 N–H and O–H groups in total. The van der Waals surface area contributed by atoms with Crippen molar-refractivity contribution < 1.29 is 9.63 Å². The lowest BCUT2D eigenvalue weighted by atomic mass is 10.5. The number of nitrogens with zero attached hydrogens (tertiary/aromatic N) is 1. The van der Waals surface area contributed by atoms with Crippen LogP contribution < -0.4 is 5.56 Å². The Morgan fingerprint density at radius 3 is 3.00 bits per heavy atom. The Hall–Kier alpha value is -1.03. The van der Waals surface area contributed by atoms with Gasteiger partial charge in [0.25, 0.3) is 5.56 Å². The summed E-state index contributed by atoms with van der Waals surface area (Å²) in [6, 6.07) is 1.34. The Balaban J connectivity index is 2.57. The van der Waals surface area contributed by atoms with Gasteiger partial charge in [-0.25, -0.2) is 0 Å². The second-order valence-electron chi connectivity index (χ2n) is 1.93. The summed E-state index contributed by atoms with van der Waals surface area (Å²) in [7, 11) is 0. The smallest absolute Gasteiger partial charge is 0.282 e. The summed E-state index contributed by atoms with van der Waals surface area (Å²) in [5.41, 5.74) is -0.159. The molecule has 0 fully saturated rings. The molecule has 0 amide bonds. The van der Waals surface area contributed by atoms with Crippen LogP contribution in [0.5, 0.6) is 0 Å². The molecular weight excluding hydrogens is 134 g/mol. The minimum atomic E-state index is -0.159. The number of aliphatic hydroxyl groups excluding tert-OH is 1. The fraction of sp³-hybridized carbons (Fsp3) is 0.500. The van der Waals surface area contributed by atoms with Gasteiger partial charge in [-0.2, -0.15) is 4.74 Å². The van der Waals surface area contributed by atoms with E-state index in [4.69, 9.17) is 9.63 Å². The highest BCUT2D eigenvalue weighted by atomic mass is 16.5. The SMILES string of the molecule is O=c1ccon1CCCO. The van der Waals surface area contributed by atoms with Gasteiger partial charge in [0.1, 0.15) is 6.26 Å². The first-order valence-corrected chi connectivity index (χ1v) is 3.10. The molecule has 0 saturated carbocycles. The van der Waals surface area contributed by atoms with E-state index in [1.165, 1.54) is 17.1 Å². The molecule has 1 aromatic rings. The fourth-order valence-corrected chi connectivity index (χ4v) is 0.674. The molecule has 1 heterocycles. The van der Waals surface area contributed by atoms with E-state index < -0.39 is 0 Å². The lowest BCUT2D eigenvalue weighted by Gasteiger charge is -1.94. The largest absolute Gasteiger partial charge is 0.396 e. The summed E-state index contributed by atoms with van der Waals surface area (Å²) < 4.78 is 5.96. The number of rotatable bonds is 3. The minimum Gasteiger partial charge on any atom is -0.396 e. The summed E-state index contributed by atoms with van der Waals surface area (Å²) in [5, 5.41) is 8.40. The molecule has 4 heteroatoms. The highest BCUT2D eigenvalue weighted by molar-refractivity contribution is 4.75. The third-order valence-electron chi connectivity index (χ3n) is 1.16. The number of aryl methyl sites for hydroxylation is 1. The predicted molar refractivity (Wildman–Crippen MR) is 34.7 cm³/mol. The van der Waals surface area contributed by atoms with Crippen LogP contribution >= 0.6 is 0 Å². The maximum atomic E-state index is 10.7. The van der Waals surface area contributed by atoms with Crippen LogP contribution in [0.1, 0.15) is 6.42 Å². The van der Waals surface area contributed by atoms with Crippen molar-refractivity contribution in [2.45, 2.75) is 13.0 Å². The molecule has 4 nitrogen and oxygen atoms in total. The van der Waals surface area contributed by atoms with E-state index in [-0.39, 0.29) is 12.2 Å². The van der Waals surface area contributed by atoms with E-state index in [0.29, 0.717) is 13.0 Å². The first kappa shape index (κ1) is 7.08. The molecule has 0 aliphatic heterocycles. The van der Waals surface area contributed by atoms with Crippen molar-refractivity contribution in [3.8, 4) is 0 Å². The normalized spacial score (nSPS) is 10.1. The number of hydrogen-bond acceptors (Lipinski definition) is 3. The molecule has 56 valence electrons. The first-order chi connectivity index (χ1) is 4.84. The van der Waals surface area contributed by atoms with Crippen LogP contribution in [0.3, 0.4) is 0 Å². The molecule has 1 rings (SSSR count). The number of aromatic nitrogens is 1. The summed E-state index contributed by atoms with van der Waals surface area (Å²) in [4.78, 5) is 10.7. The van der Waals surface area contributed by atoms with Crippen molar-refractivity contribution in [3.63, 3.8) is 0 Å². The van der Waals surface area contributed by atoms with Crippen LogP contribution in [-0.4, -0.2) is 16.5 Å². The van der Waals surface area contributed by atoms with Gasteiger partial charge in [0.2, 0.25) is 0 Å². The lowest BCUT2D eigenvalue weighted by molar-refractivity contribution is 0.219. The van der Waals surface area contributed by atoms with Gasteiger partial charge in [-0.05, 0) is 6.42 Å². The molecule has 0 aromatic carbocycles. The van der Waals surface area contributed by atoms with Crippen LogP contribution in [0.2, 0.25) is 0 Å². The summed E-state index contributed by atoms with van der Waals surface area (Å²) in [6.07, 6.45) is 1.88. The standard InChI is InChI=1S/C6H9NO3/c8-4-1-3-7-6(9)2-5-10-7/h2,5,8H,1,3-4H2. The van der Waals surface area contributed by atoms with Gasteiger partial charge in [0.05, 0.1) is 6.54 Å². The fourth-order valence-electron chi connectivity index (χ4n) is 0.674. The Kier molecular flexibility index (Phi) is 2.28. The predicted octanol–water partition coefficient (Wildman–Crippen LogP) is -0.176. The third kappa shape index (κ3) is 1.48. The minimum absolute atomic E-state index is 0.0765. The van der Waals surface area contributed by atoms with Gasteiger partial charge in [-0.15, -0.1) is 0 Å². The van der Waals surface area contributed by atoms with Crippen molar-refractivity contribution in [2.75, 3.05) is 6.61 Å². The third-order valence-corrected chi connectivity index (χ3v) is 1.16. The maximum Gasteiger partial charge on any atom is 0.282 e. The van der Waals surface area contributed by atoms with Gasteiger partial charge in [-0.3, -0.25) is 4.79 Å². The monoisotopic (exact) mass is 143 g/mol. The molecule has 0 spiro atoms. The van der Waals surface area contributed by atoms with E-state index >= 15 is 0 Å². The van der Waals surface area contributed by atoms with Gasteiger partial charge < -0.3 is 9.63 Å². The summed E-state index contributed by atoms with van der Waals surface area (Å²) in [5.74, 6) is 0. The van der Waals surface area contributed by atoms with Crippen molar-refractivity contribution in [1.29, 1.82) is 0 Å². The van der Waals surface area contributed by atoms with Crippen molar-refractivity contribution in [1.82, 2.24) is 4.74 Å². The topological polar surface area (TPSA) is 55.4 Å². The second-order valence-corrected chi connectivity index (χ2v) is 1.93. The highest BCUT2D eigenvalue weighted by Crippen LogP contribution is 1.85. The van der Waals surface area contributed by atoms with E-state index in [0.717, 1.165) is 0 Å². The molecule has 1 aromatic heterocycles. The van der Waals surface area contributed by atoms with E-state index in [1.54, 1.807) is 0 Å². The van der Waals surface area contributed by atoms with Crippen LogP contribution in [0.25, 0.3) is 0 Å². The zero-order chi connectivity index (χ0) is 7.40. The maximum absolute atomic E-state index is 10.7. The molecule has 0 atom stereocenters. The second kappa shape index (κ2) is 3.22. The lowest BCUT2D eigenvalue weighted by Crippen LogP contribution is -2.13. The first-order valence-electron chi connectivity index (χ1n) is 3.10. The average Bonchev–Trinajstić information content (AvgIpc) is 2.31. The quantitative estimate of drug-likeness (QED) is 0.638. The molecule has 0 radical (unpaired) electrons. The van der Waals surface area contributed by atoms with Crippen LogP contribution in [0, 0.1) is 0 Å². The summed E-state index contributed by atoms with van der Waals surface area (Å²) >= 11 is 0. The van der Waals surface area contributed by atoms with Crippen LogP contribution in [0.4, 0.5) is 0 Å². The zero-order valence-corrected chi connectivity index (χ0v) is 5.49. The Morgan fingerprint density at radius 1 is 1.70 bits per heavy atom. The van der Waals surface area contributed by atoms with Gasteiger partial charge in [0, 0.05) is 12.7 Å². The zero-order valence-electron chi connectivity index (χ0n) is 5.49. The number of hydrogen-bond donors (Lipinski definition) is 1. The molecule has 0 aliphatic rings. The Bertz CT molecular complexity index is 237. The van der Waals surface area contributed by atoms with E-state index in [2.05, 4.69) is 0 Å². The molecule has 0 unspecified atom stereocenters. The Morgan fingerprint density at radius 2 is 2.50 bits per heavy atom. The van der Waals surface area contributed by atoms with Crippen LogP contribution in [-0.2, 0) is 6.54 Å².